The van der Waals surface area contributed by atoms with Gasteiger partial charge in [0.15, 0.2) is 0 Å². The molecule has 3 aromatic carbocycles. The first-order valence-corrected chi connectivity index (χ1v) is 11.8. The zero-order valence-corrected chi connectivity index (χ0v) is 21.1. The molecule has 0 spiro atoms. The van der Waals surface area contributed by atoms with Gasteiger partial charge in [-0.3, -0.25) is 9.69 Å². The van der Waals surface area contributed by atoms with Crippen molar-refractivity contribution in [3.8, 4) is 11.5 Å². The Morgan fingerprint density at radius 1 is 1.03 bits per heavy atom. The van der Waals surface area contributed by atoms with E-state index in [1.54, 1.807) is 19.2 Å². The van der Waals surface area contributed by atoms with Crippen LogP contribution in [-0.4, -0.2) is 49.3 Å². The average molecular weight is 472 g/mol. The van der Waals surface area contributed by atoms with Gasteiger partial charge in [0.1, 0.15) is 11.5 Å². The number of aryl methyl sites for hydroxylation is 2. The maximum absolute atomic E-state index is 13.6. The van der Waals surface area contributed by atoms with Gasteiger partial charge < -0.3 is 9.47 Å². The third-order valence-corrected chi connectivity index (χ3v) is 6.37. The first-order chi connectivity index (χ1) is 16.9. The number of nitrogens with zero attached hydrogens (tertiary/aromatic N) is 3. The average Bonchev–Trinajstić information content (AvgIpc) is 3.30. The fraction of sp³-hybridized carbons (Fsp3) is 0.310. The van der Waals surface area contributed by atoms with Gasteiger partial charge in [-0.05, 0) is 50.2 Å². The number of rotatable bonds is 8. The van der Waals surface area contributed by atoms with Gasteiger partial charge in [-0.2, -0.15) is 5.10 Å². The molecule has 0 aromatic heterocycles. The number of amides is 1. The number of likely N-dealkylation sites (N-methyl/N-ethyl adjacent to an activating group) is 1. The minimum atomic E-state index is -0.261. The third kappa shape index (κ3) is 5.54. The van der Waals surface area contributed by atoms with Crippen LogP contribution in [0.2, 0.25) is 0 Å². The standard InChI is InChI=1S/C29H33N3O3/c1-20-11-12-21(2)25(15-20)26-17-27(24-14-13-23(34-4)16-28(24)35-5)32(30-26)29(33)19-31(3)18-22-9-7-6-8-10-22/h6-16,27H,17-19H2,1-5H3. The lowest BCUT2D eigenvalue weighted by Gasteiger charge is -2.26. The van der Waals surface area contributed by atoms with Crippen LogP contribution in [0.4, 0.5) is 0 Å². The maximum Gasteiger partial charge on any atom is 0.257 e. The van der Waals surface area contributed by atoms with Crippen molar-refractivity contribution in [3.05, 3.63) is 94.5 Å². The molecule has 4 rings (SSSR count). The predicted octanol–water partition coefficient (Wildman–Crippen LogP) is 5.13. The van der Waals surface area contributed by atoms with Gasteiger partial charge in [0.25, 0.3) is 5.91 Å². The summed E-state index contributed by atoms with van der Waals surface area (Å²) in [6.07, 6.45) is 0.612. The Kier molecular flexibility index (Phi) is 7.51. The van der Waals surface area contributed by atoms with Gasteiger partial charge in [-0.15, -0.1) is 0 Å². The lowest BCUT2D eigenvalue weighted by Crippen LogP contribution is -2.36. The molecule has 1 heterocycles. The van der Waals surface area contributed by atoms with Crippen molar-refractivity contribution in [3.63, 3.8) is 0 Å². The molecule has 1 amide bonds. The van der Waals surface area contributed by atoms with Crippen molar-refractivity contribution in [2.75, 3.05) is 27.8 Å². The summed E-state index contributed by atoms with van der Waals surface area (Å²) in [5.74, 6) is 1.34. The van der Waals surface area contributed by atoms with Crippen LogP contribution in [0.1, 0.15) is 40.3 Å². The first-order valence-electron chi connectivity index (χ1n) is 11.8. The van der Waals surface area contributed by atoms with Crippen LogP contribution in [0.25, 0.3) is 0 Å². The van der Waals surface area contributed by atoms with Crippen molar-refractivity contribution >= 4 is 11.6 Å². The van der Waals surface area contributed by atoms with Crippen LogP contribution in [0.3, 0.4) is 0 Å². The van der Waals surface area contributed by atoms with E-state index in [0.29, 0.717) is 24.5 Å². The summed E-state index contributed by atoms with van der Waals surface area (Å²) in [4.78, 5) is 15.6. The summed E-state index contributed by atoms with van der Waals surface area (Å²) < 4.78 is 11.1. The van der Waals surface area contributed by atoms with E-state index in [1.165, 1.54) is 5.56 Å². The Morgan fingerprint density at radius 3 is 2.51 bits per heavy atom. The summed E-state index contributed by atoms with van der Waals surface area (Å²) in [5.41, 5.74) is 6.38. The van der Waals surface area contributed by atoms with Crippen LogP contribution < -0.4 is 9.47 Å². The summed E-state index contributed by atoms with van der Waals surface area (Å²) in [6.45, 7) is 5.10. The molecule has 3 aromatic rings. The summed E-state index contributed by atoms with van der Waals surface area (Å²) in [7, 11) is 5.23. The van der Waals surface area contributed by atoms with E-state index in [4.69, 9.17) is 14.6 Å². The summed E-state index contributed by atoms with van der Waals surface area (Å²) in [6, 6.07) is 22.0. The number of hydrogen-bond acceptors (Lipinski definition) is 5. The molecule has 0 saturated carbocycles. The molecular weight excluding hydrogens is 438 g/mol. The second-order valence-electron chi connectivity index (χ2n) is 9.09. The fourth-order valence-electron chi connectivity index (χ4n) is 4.54. The monoisotopic (exact) mass is 471 g/mol. The lowest BCUT2D eigenvalue weighted by molar-refractivity contribution is -0.134. The molecule has 0 radical (unpaired) electrons. The highest BCUT2D eigenvalue weighted by atomic mass is 16.5. The molecule has 1 aliphatic heterocycles. The number of carbonyl (C=O) groups is 1. The quantitative estimate of drug-likeness (QED) is 0.457. The molecular formula is C29H33N3O3. The van der Waals surface area contributed by atoms with E-state index in [9.17, 15) is 4.79 Å². The van der Waals surface area contributed by atoms with Gasteiger partial charge in [0.05, 0.1) is 32.5 Å². The highest BCUT2D eigenvalue weighted by Crippen LogP contribution is 2.39. The first kappa shape index (κ1) is 24.5. The molecule has 0 aliphatic carbocycles. The van der Waals surface area contributed by atoms with Crippen molar-refractivity contribution in [2.24, 2.45) is 5.10 Å². The normalized spacial score (nSPS) is 15.3. The predicted molar refractivity (Wildman–Crippen MR) is 139 cm³/mol. The van der Waals surface area contributed by atoms with Crippen molar-refractivity contribution in [2.45, 2.75) is 32.9 Å². The van der Waals surface area contributed by atoms with Gasteiger partial charge >= 0.3 is 0 Å². The molecule has 1 aliphatic rings. The van der Waals surface area contributed by atoms with E-state index in [-0.39, 0.29) is 18.5 Å². The molecule has 1 unspecified atom stereocenters. The third-order valence-electron chi connectivity index (χ3n) is 6.37. The van der Waals surface area contributed by atoms with Crippen LogP contribution in [0, 0.1) is 13.8 Å². The van der Waals surface area contributed by atoms with Crippen LogP contribution >= 0.6 is 0 Å². The fourth-order valence-corrected chi connectivity index (χ4v) is 4.54. The maximum atomic E-state index is 13.6. The highest BCUT2D eigenvalue weighted by Gasteiger charge is 2.35. The summed E-state index contributed by atoms with van der Waals surface area (Å²) in [5, 5.41) is 6.52. The number of methoxy groups -OCH3 is 2. The smallest absolute Gasteiger partial charge is 0.257 e. The minimum absolute atomic E-state index is 0.0494. The van der Waals surface area contributed by atoms with Crippen molar-refractivity contribution in [1.82, 2.24) is 9.91 Å². The second-order valence-corrected chi connectivity index (χ2v) is 9.09. The largest absolute Gasteiger partial charge is 0.497 e. The van der Waals surface area contributed by atoms with Gasteiger partial charge in [0, 0.05) is 30.2 Å². The Labute approximate surface area is 207 Å². The van der Waals surface area contributed by atoms with E-state index in [1.807, 2.05) is 48.3 Å². The Hall–Kier alpha value is -3.64. The lowest BCUT2D eigenvalue weighted by atomic mass is 9.94. The zero-order valence-electron chi connectivity index (χ0n) is 21.1. The molecule has 0 N–H and O–H groups in total. The number of ether oxygens (including phenoxy) is 2. The molecule has 6 nitrogen and oxygen atoms in total. The summed E-state index contributed by atoms with van der Waals surface area (Å²) >= 11 is 0. The molecule has 0 saturated heterocycles. The van der Waals surface area contributed by atoms with E-state index >= 15 is 0 Å². The van der Waals surface area contributed by atoms with E-state index in [0.717, 1.165) is 28.0 Å². The Balaban J connectivity index is 1.66. The van der Waals surface area contributed by atoms with E-state index < -0.39 is 0 Å². The number of hydrazone groups is 1. The van der Waals surface area contributed by atoms with Crippen LogP contribution in [0.15, 0.2) is 71.8 Å². The SMILES string of the molecule is COc1ccc(C2CC(c3cc(C)ccc3C)=NN2C(=O)CN(C)Cc2ccccc2)c(OC)c1. The topological polar surface area (TPSA) is 54.4 Å². The molecule has 0 fully saturated rings. The highest BCUT2D eigenvalue weighted by molar-refractivity contribution is 6.04. The van der Waals surface area contributed by atoms with Crippen LogP contribution in [0.5, 0.6) is 11.5 Å². The van der Waals surface area contributed by atoms with Gasteiger partial charge in [-0.25, -0.2) is 5.01 Å². The molecule has 182 valence electrons. The minimum Gasteiger partial charge on any atom is -0.497 e. The van der Waals surface area contributed by atoms with E-state index in [2.05, 4.69) is 44.2 Å². The second kappa shape index (κ2) is 10.7. The van der Waals surface area contributed by atoms with Gasteiger partial charge in [-0.1, -0.05) is 48.0 Å². The zero-order chi connectivity index (χ0) is 24.9. The van der Waals surface area contributed by atoms with Crippen molar-refractivity contribution in [1.29, 1.82) is 0 Å². The Morgan fingerprint density at radius 2 is 1.80 bits per heavy atom. The van der Waals surface area contributed by atoms with Crippen molar-refractivity contribution < 1.29 is 14.3 Å². The number of carbonyl (C=O) groups excluding carboxylic acids is 1. The molecule has 35 heavy (non-hydrogen) atoms. The molecule has 1 atom stereocenters. The van der Waals surface area contributed by atoms with Gasteiger partial charge in [0.2, 0.25) is 0 Å². The number of benzene rings is 3. The molecule has 6 heteroatoms. The Bertz CT molecular complexity index is 1220. The molecule has 0 bridgehead atoms. The number of hydrogen-bond donors (Lipinski definition) is 0. The van der Waals surface area contributed by atoms with Crippen LogP contribution in [-0.2, 0) is 11.3 Å².